The van der Waals surface area contributed by atoms with Crippen LogP contribution in [0.1, 0.15) is 11.8 Å². The van der Waals surface area contributed by atoms with Crippen LogP contribution in [0.2, 0.25) is 0 Å². The Balaban J connectivity index is 1.89. The van der Waals surface area contributed by atoms with Crippen molar-refractivity contribution in [1.82, 2.24) is 15.2 Å². The van der Waals surface area contributed by atoms with Gasteiger partial charge in [0.15, 0.2) is 11.4 Å². The quantitative estimate of drug-likeness (QED) is 0.461. The number of para-hydroxylation sites is 1. The van der Waals surface area contributed by atoms with Crippen LogP contribution in [-0.4, -0.2) is 33.7 Å². The summed E-state index contributed by atoms with van der Waals surface area (Å²) >= 11 is 8.23. The van der Waals surface area contributed by atoms with Crippen LogP contribution in [0.5, 0.6) is 17.4 Å². The van der Waals surface area contributed by atoms with Gasteiger partial charge in [0.2, 0.25) is 17.3 Å². The van der Waals surface area contributed by atoms with Crippen molar-refractivity contribution in [1.29, 1.82) is 0 Å². The second-order valence-corrected chi connectivity index (χ2v) is 8.20. The average Bonchev–Trinajstić information content (AvgIpc) is 2.87. The number of anilines is 1. The number of phenolic OH excluding ortho intramolecular Hbond substituents is 1. The van der Waals surface area contributed by atoms with E-state index in [1.807, 2.05) is 30.5 Å². The van der Waals surface area contributed by atoms with Crippen molar-refractivity contribution >= 4 is 49.3 Å². The predicted molar refractivity (Wildman–Crippen MR) is 114 cm³/mol. The van der Waals surface area contributed by atoms with Gasteiger partial charge in [0, 0.05) is 11.3 Å². The highest BCUT2D eigenvalue weighted by molar-refractivity contribution is 9.11. The number of hydrogen-bond acceptors (Lipinski definition) is 8. The van der Waals surface area contributed by atoms with E-state index in [1.54, 1.807) is 6.07 Å². The van der Waals surface area contributed by atoms with Gasteiger partial charge in [0.05, 0.1) is 17.1 Å². The summed E-state index contributed by atoms with van der Waals surface area (Å²) in [6.07, 6.45) is 1.15. The molecule has 1 aromatic heterocycles. The summed E-state index contributed by atoms with van der Waals surface area (Å²) in [7, 11) is 1.53. The lowest BCUT2D eigenvalue weighted by molar-refractivity contribution is 0.220. The van der Waals surface area contributed by atoms with E-state index in [1.165, 1.54) is 18.9 Å². The van der Waals surface area contributed by atoms with Crippen LogP contribution < -0.4 is 14.8 Å². The Bertz CT molecular complexity index is 1070. The molecule has 144 valence electrons. The molecule has 0 saturated heterocycles. The van der Waals surface area contributed by atoms with Crippen molar-refractivity contribution in [2.75, 3.05) is 18.7 Å². The van der Waals surface area contributed by atoms with Gasteiger partial charge in [-0.25, -0.2) is 0 Å². The summed E-state index contributed by atoms with van der Waals surface area (Å²) in [5.74, 6) is 0.833. The normalized spacial score (nSPS) is 14.9. The Labute approximate surface area is 182 Å². The van der Waals surface area contributed by atoms with Gasteiger partial charge in [-0.1, -0.05) is 30.0 Å². The fraction of sp³-hybridized carbons (Fsp3) is 0.167. The zero-order valence-corrected chi connectivity index (χ0v) is 18.7. The first-order valence-electron chi connectivity index (χ1n) is 8.09. The number of ether oxygens (including phenoxy) is 2. The highest BCUT2D eigenvalue weighted by Crippen LogP contribution is 2.47. The molecule has 1 aliphatic heterocycles. The Morgan fingerprint density at radius 3 is 2.79 bits per heavy atom. The molecule has 4 rings (SSSR count). The maximum absolute atomic E-state index is 10.8. The summed E-state index contributed by atoms with van der Waals surface area (Å²) in [6.45, 7) is 0. The van der Waals surface area contributed by atoms with Crippen molar-refractivity contribution in [3.8, 4) is 28.6 Å². The number of methoxy groups -OCH3 is 1. The maximum atomic E-state index is 10.8. The van der Waals surface area contributed by atoms with Gasteiger partial charge >= 0.3 is 0 Å². The molecule has 0 radical (unpaired) electrons. The highest BCUT2D eigenvalue weighted by Gasteiger charge is 2.29. The number of phenols is 1. The van der Waals surface area contributed by atoms with Crippen LogP contribution in [0.3, 0.4) is 0 Å². The highest BCUT2D eigenvalue weighted by atomic mass is 79.9. The van der Waals surface area contributed by atoms with E-state index in [0.29, 0.717) is 37.0 Å². The average molecular weight is 526 g/mol. The van der Waals surface area contributed by atoms with Crippen LogP contribution >= 0.6 is 43.6 Å². The lowest BCUT2D eigenvalue weighted by atomic mass is 10.1. The van der Waals surface area contributed by atoms with E-state index in [4.69, 9.17) is 9.47 Å². The standard InChI is InChI=1S/C18H14Br2N4O3S/c1-26-15-10(19)7-9(14(25)12(15)20)16-21-11-6-4-3-5-8(11)13-17(27-16)22-18(28-2)24-23-13/h3-7,16,21,25H,1-2H3/t16-/m1/s1. The largest absolute Gasteiger partial charge is 0.506 e. The Morgan fingerprint density at radius 2 is 2.04 bits per heavy atom. The van der Waals surface area contributed by atoms with E-state index in [2.05, 4.69) is 52.4 Å². The van der Waals surface area contributed by atoms with Crippen molar-refractivity contribution < 1.29 is 14.6 Å². The maximum Gasteiger partial charge on any atom is 0.247 e. The number of thioether (sulfide) groups is 1. The summed E-state index contributed by atoms with van der Waals surface area (Å²) in [6, 6.07) is 9.39. The molecule has 7 nitrogen and oxygen atoms in total. The number of halogens is 2. The molecule has 28 heavy (non-hydrogen) atoms. The van der Waals surface area contributed by atoms with E-state index < -0.39 is 6.23 Å². The van der Waals surface area contributed by atoms with E-state index in [9.17, 15) is 5.11 Å². The molecule has 1 atom stereocenters. The molecule has 0 unspecified atom stereocenters. The molecule has 1 aliphatic rings. The molecule has 3 aromatic rings. The third kappa shape index (κ3) is 3.29. The first-order chi connectivity index (χ1) is 13.5. The zero-order valence-electron chi connectivity index (χ0n) is 14.7. The van der Waals surface area contributed by atoms with Crippen molar-refractivity contribution in [3.05, 3.63) is 44.8 Å². The molecular weight excluding hydrogens is 512 g/mol. The first-order valence-corrected chi connectivity index (χ1v) is 10.9. The first kappa shape index (κ1) is 19.3. The molecule has 0 aliphatic carbocycles. The number of aromatic nitrogens is 3. The van der Waals surface area contributed by atoms with Crippen LogP contribution in [0.4, 0.5) is 5.69 Å². The number of hydrogen-bond donors (Lipinski definition) is 2. The Kier molecular flexibility index (Phi) is 5.35. The molecule has 0 amide bonds. The monoisotopic (exact) mass is 524 g/mol. The smallest absolute Gasteiger partial charge is 0.247 e. The molecule has 0 saturated carbocycles. The number of benzene rings is 2. The number of fused-ring (bicyclic) bond motifs is 3. The third-order valence-corrected chi connectivity index (χ3v) is 6.05. The fourth-order valence-corrected chi connectivity index (χ4v) is 4.64. The summed E-state index contributed by atoms with van der Waals surface area (Å²) in [5.41, 5.74) is 2.65. The Hall–Kier alpha value is -2.04. The minimum Gasteiger partial charge on any atom is -0.506 e. The van der Waals surface area contributed by atoms with Gasteiger partial charge in [-0.2, -0.15) is 4.98 Å². The molecule has 0 fully saturated rings. The number of nitrogens with zero attached hydrogens (tertiary/aromatic N) is 3. The molecule has 2 heterocycles. The predicted octanol–water partition coefficient (Wildman–Crippen LogP) is 5.00. The van der Waals surface area contributed by atoms with Gasteiger partial charge in [-0.15, -0.1) is 10.2 Å². The van der Waals surface area contributed by atoms with Gasteiger partial charge in [-0.05, 0) is 50.2 Å². The summed E-state index contributed by atoms with van der Waals surface area (Å²) < 4.78 is 12.6. The molecular formula is C18H14Br2N4O3S. The second kappa shape index (κ2) is 7.76. The van der Waals surface area contributed by atoms with Crippen molar-refractivity contribution in [2.45, 2.75) is 11.4 Å². The molecule has 0 bridgehead atoms. The molecule has 10 heteroatoms. The van der Waals surface area contributed by atoms with E-state index in [-0.39, 0.29) is 5.75 Å². The van der Waals surface area contributed by atoms with Gasteiger partial charge in [0.1, 0.15) is 10.2 Å². The van der Waals surface area contributed by atoms with Gasteiger partial charge in [0.25, 0.3) is 0 Å². The van der Waals surface area contributed by atoms with Crippen LogP contribution in [0.25, 0.3) is 11.3 Å². The van der Waals surface area contributed by atoms with Crippen LogP contribution in [0, 0.1) is 0 Å². The van der Waals surface area contributed by atoms with Crippen molar-refractivity contribution in [3.63, 3.8) is 0 Å². The molecule has 0 spiro atoms. The zero-order chi connectivity index (χ0) is 19.8. The van der Waals surface area contributed by atoms with Crippen LogP contribution in [0.15, 0.2) is 44.4 Å². The van der Waals surface area contributed by atoms with E-state index in [0.717, 1.165) is 11.3 Å². The summed E-state index contributed by atoms with van der Waals surface area (Å²) in [5, 5.41) is 23.0. The van der Waals surface area contributed by atoms with Crippen LogP contribution in [-0.2, 0) is 0 Å². The SMILES string of the molecule is COc1c(Br)cc([C@@H]2Nc3ccccc3-c3nnc(SC)nc3O2)c(O)c1Br. The van der Waals surface area contributed by atoms with Crippen molar-refractivity contribution in [2.24, 2.45) is 0 Å². The number of nitrogens with one attached hydrogen (secondary N) is 1. The topological polar surface area (TPSA) is 89.4 Å². The molecule has 2 N–H and O–H groups in total. The fourth-order valence-electron chi connectivity index (χ4n) is 2.87. The minimum absolute atomic E-state index is 0.00517. The minimum atomic E-state index is -0.715. The number of aromatic hydroxyl groups is 1. The molecule has 2 aromatic carbocycles. The third-order valence-electron chi connectivity index (χ3n) is 4.18. The second-order valence-electron chi connectivity index (χ2n) is 5.78. The van der Waals surface area contributed by atoms with Gasteiger partial charge in [-0.3, -0.25) is 0 Å². The lowest BCUT2D eigenvalue weighted by Gasteiger charge is -2.22. The van der Waals surface area contributed by atoms with Gasteiger partial charge < -0.3 is 19.9 Å². The Morgan fingerprint density at radius 1 is 1.25 bits per heavy atom. The van der Waals surface area contributed by atoms with E-state index >= 15 is 0 Å². The summed E-state index contributed by atoms with van der Waals surface area (Å²) in [4.78, 5) is 4.47. The lowest BCUT2D eigenvalue weighted by Crippen LogP contribution is -2.17. The number of rotatable bonds is 3.